The van der Waals surface area contributed by atoms with Crippen LogP contribution in [0.2, 0.25) is 0 Å². The summed E-state index contributed by atoms with van der Waals surface area (Å²) in [6.07, 6.45) is 5.50. The fraction of sp³-hybridized carbons (Fsp3) is 0.333. The summed E-state index contributed by atoms with van der Waals surface area (Å²) in [6.45, 7) is 1.07. The van der Waals surface area contributed by atoms with E-state index in [9.17, 15) is 18.4 Å². The number of piperidine rings is 1. The van der Waals surface area contributed by atoms with Gasteiger partial charge in [0.25, 0.3) is 12.3 Å². The van der Waals surface area contributed by atoms with E-state index in [-0.39, 0.29) is 17.4 Å². The lowest BCUT2D eigenvalue weighted by Gasteiger charge is -2.28. The van der Waals surface area contributed by atoms with E-state index in [0.29, 0.717) is 16.9 Å². The first kappa shape index (κ1) is 22.9. The van der Waals surface area contributed by atoms with Crippen molar-refractivity contribution >= 4 is 34.1 Å². The summed E-state index contributed by atoms with van der Waals surface area (Å²) < 4.78 is 26.5. The molecule has 0 spiro atoms. The van der Waals surface area contributed by atoms with Crippen LogP contribution < -0.4 is 10.6 Å². The van der Waals surface area contributed by atoms with Crippen LogP contribution in [0.4, 0.5) is 14.5 Å². The van der Waals surface area contributed by atoms with Gasteiger partial charge in [0.2, 0.25) is 5.91 Å². The molecule has 11 heteroatoms. The van der Waals surface area contributed by atoms with Gasteiger partial charge in [-0.2, -0.15) is 5.10 Å². The molecule has 1 aliphatic rings. The Morgan fingerprint density at radius 1 is 1.23 bits per heavy atom. The number of anilines is 1. The molecule has 1 aliphatic heterocycles. The maximum Gasteiger partial charge on any atom is 0.255 e. The molecule has 0 aromatic carbocycles. The normalized spacial score (nSPS) is 15.2. The lowest BCUT2D eigenvalue weighted by atomic mass is 9.96. The van der Waals surface area contributed by atoms with Crippen molar-refractivity contribution in [2.75, 3.05) is 32.0 Å². The number of H-pyrrole nitrogens is 1. The first-order valence-corrected chi connectivity index (χ1v) is 11.4. The predicted molar refractivity (Wildman–Crippen MR) is 127 cm³/mol. The van der Waals surface area contributed by atoms with E-state index in [4.69, 9.17) is 0 Å². The van der Waals surface area contributed by atoms with Crippen LogP contribution >= 0.6 is 0 Å². The van der Waals surface area contributed by atoms with E-state index in [0.717, 1.165) is 42.4 Å². The van der Waals surface area contributed by atoms with E-state index >= 15 is 0 Å². The summed E-state index contributed by atoms with van der Waals surface area (Å²) in [5.41, 5.74) is 3.57. The molecule has 5 heterocycles. The number of hydrogen-bond donors (Lipinski definition) is 3. The Balaban J connectivity index is 1.42. The maximum atomic E-state index is 12.8. The first-order chi connectivity index (χ1) is 16.9. The fourth-order valence-corrected chi connectivity index (χ4v) is 4.41. The fourth-order valence-electron chi connectivity index (χ4n) is 4.41. The Morgan fingerprint density at radius 2 is 2.03 bits per heavy atom. The molecule has 35 heavy (non-hydrogen) atoms. The smallest absolute Gasteiger partial charge is 0.255 e. The molecular formula is C24H25F2N7O2. The molecule has 0 atom stereocenters. The van der Waals surface area contributed by atoms with Crippen LogP contribution in [0.25, 0.3) is 27.7 Å². The largest absolute Gasteiger partial charge is 0.346 e. The number of likely N-dealkylation sites (tertiary alicyclic amines) is 1. The molecule has 0 unspecified atom stereocenters. The standard InChI is InChI=1S/C24H25F2N7O2/c1-32-5-2-14(3-6-32)23(34)31-16-9-17-18(11-28-22(17)27-10-16)15-4-7-33-20(8-15)19(12-30-33)24(35)29-13-21(25)26/h4,7-12,14,21H,2-3,5-6,13H2,1H3,(H,27,28)(H,29,35)(H,31,34). The first-order valence-electron chi connectivity index (χ1n) is 11.4. The van der Waals surface area contributed by atoms with Gasteiger partial charge in [0.15, 0.2) is 0 Å². The number of nitrogens with zero attached hydrogens (tertiary/aromatic N) is 4. The monoisotopic (exact) mass is 481 g/mol. The summed E-state index contributed by atoms with van der Waals surface area (Å²) in [5, 5.41) is 10.2. The van der Waals surface area contributed by atoms with Gasteiger partial charge in [-0.15, -0.1) is 0 Å². The lowest BCUT2D eigenvalue weighted by molar-refractivity contribution is -0.121. The van der Waals surface area contributed by atoms with Gasteiger partial charge in [-0.3, -0.25) is 9.59 Å². The second-order valence-electron chi connectivity index (χ2n) is 8.79. The Labute approximate surface area is 199 Å². The van der Waals surface area contributed by atoms with Crippen LogP contribution in [0.5, 0.6) is 0 Å². The quantitative estimate of drug-likeness (QED) is 0.392. The molecule has 9 nitrogen and oxygen atoms in total. The number of fused-ring (bicyclic) bond motifs is 2. The van der Waals surface area contributed by atoms with Crippen molar-refractivity contribution in [2.45, 2.75) is 19.3 Å². The summed E-state index contributed by atoms with van der Waals surface area (Å²) >= 11 is 0. The maximum absolute atomic E-state index is 12.8. The third-order valence-electron chi connectivity index (χ3n) is 6.38. The van der Waals surface area contributed by atoms with Crippen LogP contribution in [0.15, 0.2) is 43.0 Å². The zero-order valence-electron chi connectivity index (χ0n) is 19.1. The number of halogens is 2. The number of nitrogens with one attached hydrogen (secondary N) is 3. The minimum Gasteiger partial charge on any atom is -0.346 e. The third-order valence-corrected chi connectivity index (χ3v) is 6.38. The zero-order chi connectivity index (χ0) is 24.5. The molecular weight excluding hydrogens is 456 g/mol. The molecule has 0 saturated carbocycles. The van der Waals surface area contributed by atoms with Crippen molar-refractivity contribution < 1.29 is 18.4 Å². The number of carbonyl (C=O) groups excluding carboxylic acids is 2. The van der Waals surface area contributed by atoms with Crippen molar-refractivity contribution in [3.8, 4) is 11.1 Å². The van der Waals surface area contributed by atoms with Crippen molar-refractivity contribution in [3.63, 3.8) is 0 Å². The lowest BCUT2D eigenvalue weighted by Crippen LogP contribution is -2.35. The third kappa shape index (κ3) is 4.72. The number of aromatic nitrogens is 4. The Kier molecular flexibility index (Phi) is 6.16. The molecule has 5 rings (SSSR count). The molecule has 3 N–H and O–H groups in total. The average Bonchev–Trinajstić information content (AvgIpc) is 3.46. The minimum atomic E-state index is -2.63. The molecule has 2 amide bonds. The van der Waals surface area contributed by atoms with Gasteiger partial charge in [-0.1, -0.05) is 0 Å². The van der Waals surface area contributed by atoms with Gasteiger partial charge in [0, 0.05) is 29.3 Å². The molecule has 4 aromatic rings. The summed E-state index contributed by atoms with van der Waals surface area (Å²) in [4.78, 5) is 34.9. The second kappa shape index (κ2) is 9.41. The molecule has 1 fully saturated rings. The Bertz CT molecular complexity index is 1390. The van der Waals surface area contributed by atoms with E-state index in [1.165, 1.54) is 10.7 Å². The minimum absolute atomic E-state index is 0.00327. The summed E-state index contributed by atoms with van der Waals surface area (Å²) in [6, 6.07) is 5.49. The van der Waals surface area contributed by atoms with Gasteiger partial charge in [0.1, 0.15) is 5.65 Å². The molecule has 182 valence electrons. The molecule has 0 radical (unpaired) electrons. The van der Waals surface area contributed by atoms with Crippen molar-refractivity contribution in [1.29, 1.82) is 0 Å². The van der Waals surface area contributed by atoms with Crippen LogP contribution in [0.3, 0.4) is 0 Å². The number of alkyl halides is 2. The molecule has 1 saturated heterocycles. The number of carbonyl (C=O) groups is 2. The predicted octanol–water partition coefficient (Wildman–Crippen LogP) is 3.15. The van der Waals surface area contributed by atoms with Crippen molar-refractivity contribution in [3.05, 3.63) is 48.5 Å². The highest BCUT2D eigenvalue weighted by Gasteiger charge is 2.24. The van der Waals surface area contributed by atoms with E-state index in [1.54, 1.807) is 24.7 Å². The topological polar surface area (TPSA) is 107 Å². The summed E-state index contributed by atoms with van der Waals surface area (Å²) in [7, 11) is 2.06. The van der Waals surface area contributed by atoms with Gasteiger partial charge in [0.05, 0.1) is 35.7 Å². The van der Waals surface area contributed by atoms with Gasteiger partial charge < -0.3 is 20.5 Å². The van der Waals surface area contributed by atoms with Gasteiger partial charge in [-0.25, -0.2) is 18.3 Å². The van der Waals surface area contributed by atoms with Crippen molar-refractivity contribution in [2.24, 2.45) is 5.92 Å². The van der Waals surface area contributed by atoms with Crippen LogP contribution in [0.1, 0.15) is 23.2 Å². The van der Waals surface area contributed by atoms with Gasteiger partial charge in [-0.05, 0) is 56.7 Å². The van der Waals surface area contributed by atoms with E-state index < -0.39 is 18.9 Å². The SMILES string of the molecule is CN1CCC(C(=O)Nc2cnc3[nH]cc(-c4ccn5ncc(C(=O)NCC(F)F)c5c4)c3c2)CC1. The van der Waals surface area contributed by atoms with Gasteiger partial charge >= 0.3 is 0 Å². The van der Waals surface area contributed by atoms with Crippen molar-refractivity contribution in [1.82, 2.24) is 29.8 Å². The average molecular weight is 482 g/mol. The molecule has 0 bridgehead atoms. The van der Waals surface area contributed by atoms with Crippen LogP contribution in [-0.4, -0.2) is 69.4 Å². The Hall–Kier alpha value is -3.86. The number of rotatable bonds is 6. The highest BCUT2D eigenvalue weighted by Crippen LogP contribution is 2.31. The highest BCUT2D eigenvalue weighted by molar-refractivity contribution is 6.02. The number of amides is 2. The van der Waals surface area contributed by atoms with E-state index in [1.807, 2.05) is 12.1 Å². The van der Waals surface area contributed by atoms with Crippen LogP contribution in [0, 0.1) is 5.92 Å². The molecule has 0 aliphatic carbocycles. The number of hydrogen-bond acceptors (Lipinski definition) is 5. The van der Waals surface area contributed by atoms with E-state index in [2.05, 4.69) is 37.6 Å². The number of aromatic amines is 1. The highest BCUT2D eigenvalue weighted by atomic mass is 19.3. The second-order valence-corrected chi connectivity index (χ2v) is 8.79. The summed E-state index contributed by atoms with van der Waals surface area (Å²) in [5.74, 6) is -0.639. The molecule has 4 aromatic heterocycles. The number of pyridine rings is 2. The van der Waals surface area contributed by atoms with Crippen LogP contribution in [-0.2, 0) is 4.79 Å². The Morgan fingerprint density at radius 3 is 2.80 bits per heavy atom. The zero-order valence-corrected chi connectivity index (χ0v) is 19.1.